The molecule has 0 radical (unpaired) electrons. The summed E-state index contributed by atoms with van der Waals surface area (Å²) in [6.07, 6.45) is 4.63. The van der Waals surface area contributed by atoms with E-state index in [4.69, 9.17) is 0 Å². The lowest BCUT2D eigenvalue weighted by Crippen LogP contribution is -2.40. The summed E-state index contributed by atoms with van der Waals surface area (Å²) >= 11 is 0. The Morgan fingerprint density at radius 3 is 2.28 bits per heavy atom. The van der Waals surface area contributed by atoms with Gasteiger partial charge in [-0.25, -0.2) is 13.1 Å². The van der Waals surface area contributed by atoms with E-state index in [-0.39, 0.29) is 17.2 Å². The van der Waals surface area contributed by atoms with Gasteiger partial charge < -0.3 is 5.11 Å². The molecule has 0 aromatic carbocycles. The van der Waals surface area contributed by atoms with E-state index < -0.39 is 16.1 Å². The molecule has 1 saturated carbocycles. The van der Waals surface area contributed by atoms with E-state index in [1.165, 1.54) is 0 Å². The molecule has 0 saturated heterocycles. The summed E-state index contributed by atoms with van der Waals surface area (Å²) in [4.78, 5) is 0. The van der Waals surface area contributed by atoms with Crippen LogP contribution in [0.4, 0.5) is 0 Å². The summed E-state index contributed by atoms with van der Waals surface area (Å²) in [7, 11) is -3.24. The van der Waals surface area contributed by atoms with Crippen molar-refractivity contribution in [1.29, 1.82) is 0 Å². The Morgan fingerprint density at radius 1 is 1.22 bits per heavy atom. The van der Waals surface area contributed by atoms with Crippen LogP contribution in [-0.2, 0) is 10.0 Å². The van der Waals surface area contributed by atoms with Crippen LogP contribution < -0.4 is 4.72 Å². The van der Waals surface area contributed by atoms with Crippen molar-refractivity contribution in [3.05, 3.63) is 0 Å². The number of sulfonamides is 1. The first-order valence-corrected chi connectivity index (χ1v) is 8.42. The molecule has 18 heavy (non-hydrogen) atoms. The minimum atomic E-state index is -3.24. The highest BCUT2D eigenvalue weighted by Crippen LogP contribution is 2.24. The second-order valence-electron chi connectivity index (χ2n) is 6.57. The molecular formula is C13H27NO3S. The molecule has 0 heterocycles. The summed E-state index contributed by atoms with van der Waals surface area (Å²) in [6, 6.07) is 0. The van der Waals surface area contributed by atoms with Gasteiger partial charge in [-0.2, -0.15) is 0 Å². The van der Waals surface area contributed by atoms with Crippen LogP contribution >= 0.6 is 0 Å². The second kappa shape index (κ2) is 6.35. The van der Waals surface area contributed by atoms with Gasteiger partial charge in [-0.1, -0.05) is 40.0 Å². The van der Waals surface area contributed by atoms with Crippen LogP contribution in [0.15, 0.2) is 0 Å². The number of hydrogen-bond acceptors (Lipinski definition) is 3. The van der Waals surface area contributed by atoms with Crippen LogP contribution in [0, 0.1) is 5.41 Å². The van der Waals surface area contributed by atoms with Gasteiger partial charge in [0.05, 0.1) is 11.4 Å². The summed E-state index contributed by atoms with van der Waals surface area (Å²) in [6.45, 7) is 6.24. The maximum Gasteiger partial charge on any atom is 0.214 e. The van der Waals surface area contributed by atoms with Gasteiger partial charge in [0.25, 0.3) is 0 Å². The number of hydrogen-bond donors (Lipinski definition) is 2. The lowest BCUT2D eigenvalue weighted by Gasteiger charge is -2.25. The zero-order valence-electron chi connectivity index (χ0n) is 11.8. The lowest BCUT2D eigenvalue weighted by atomic mass is 9.89. The number of rotatable bonds is 5. The molecular weight excluding hydrogens is 250 g/mol. The molecule has 0 unspecified atom stereocenters. The molecule has 1 rings (SSSR count). The standard InChI is InChI=1S/C13H27NO3S/c1-13(2,3)9-11(15)10-14-18(16,17)12-7-5-4-6-8-12/h11-12,14-15H,4-10H2,1-3H3/t11-/m1/s1. The van der Waals surface area contributed by atoms with Gasteiger partial charge in [-0.3, -0.25) is 0 Å². The first-order chi connectivity index (χ1) is 8.21. The molecule has 1 aliphatic rings. The van der Waals surface area contributed by atoms with Crippen molar-refractivity contribution in [2.45, 2.75) is 70.7 Å². The summed E-state index contributed by atoms with van der Waals surface area (Å²) < 4.78 is 26.6. The first kappa shape index (κ1) is 15.9. The van der Waals surface area contributed by atoms with Gasteiger partial charge in [0.2, 0.25) is 10.0 Å². The number of aliphatic hydroxyl groups is 1. The average molecular weight is 277 g/mol. The lowest BCUT2D eigenvalue weighted by molar-refractivity contribution is 0.125. The van der Waals surface area contributed by atoms with Gasteiger partial charge in [0.15, 0.2) is 0 Å². The Bertz CT molecular complexity index is 340. The summed E-state index contributed by atoms with van der Waals surface area (Å²) in [5, 5.41) is 9.56. The van der Waals surface area contributed by atoms with Gasteiger partial charge in [-0.15, -0.1) is 0 Å². The van der Waals surface area contributed by atoms with Crippen molar-refractivity contribution in [3.8, 4) is 0 Å². The van der Waals surface area contributed by atoms with E-state index in [0.29, 0.717) is 6.42 Å². The van der Waals surface area contributed by atoms with Crippen molar-refractivity contribution in [3.63, 3.8) is 0 Å². The van der Waals surface area contributed by atoms with Crippen LogP contribution in [0.2, 0.25) is 0 Å². The van der Waals surface area contributed by atoms with Crippen molar-refractivity contribution in [2.75, 3.05) is 6.54 Å². The van der Waals surface area contributed by atoms with E-state index in [9.17, 15) is 13.5 Å². The largest absolute Gasteiger partial charge is 0.392 e. The fourth-order valence-corrected chi connectivity index (χ4v) is 4.10. The maximum absolute atomic E-state index is 12.0. The Morgan fingerprint density at radius 2 is 1.78 bits per heavy atom. The van der Waals surface area contributed by atoms with Gasteiger partial charge >= 0.3 is 0 Å². The van der Waals surface area contributed by atoms with Crippen molar-refractivity contribution in [1.82, 2.24) is 4.72 Å². The molecule has 0 aromatic heterocycles. The van der Waals surface area contributed by atoms with E-state index in [1.54, 1.807) is 0 Å². The molecule has 0 spiro atoms. The highest BCUT2D eigenvalue weighted by molar-refractivity contribution is 7.90. The SMILES string of the molecule is CC(C)(C)C[C@@H](O)CNS(=O)(=O)C1CCCCC1. The topological polar surface area (TPSA) is 66.4 Å². The zero-order chi connectivity index (χ0) is 13.8. The fourth-order valence-electron chi connectivity index (χ4n) is 2.48. The van der Waals surface area contributed by atoms with E-state index in [2.05, 4.69) is 4.72 Å². The third-order valence-corrected chi connectivity index (χ3v) is 5.28. The summed E-state index contributed by atoms with van der Waals surface area (Å²) in [5.74, 6) is 0. The minimum absolute atomic E-state index is 0.00962. The van der Waals surface area contributed by atoms with Crippen molar-refractivity contribution in [2.24, 2.45) is 5.41 Å². The van der Waals surface area contributed by atoms with Gasteiger partial charge in [-0.05, 0) is 24.7 Å². The number of nitrogens with one attached hydrogen (secondary N) is 1. The third-order valence-electron chi connectivity index (χ3n) is 3.36. The first-order valence-electron chi connectivity index (χ1n) is 6.87. The van der Waals surface area contributed by atoms with Crippen LogP contribution in [0.1, 0.15) is 59.3 Å². The molecule has 1 aliphatic carbocycles. The van der Waals surface area contributed by atoms with E-state index in [0.717, 1.165) is 32.1 Å². The van der Waals surface area contributed by atoms with E-state index in [1.807, 2.05) is 20.8 Å². The molecule has 2 N–H and O–H groups in total. The molecule has 4 nitrogen and oxygen atoms in total. The highest BCUT2D eigenvalue weighted by Gasteiger charge is 2.27. The molecule has 0 aromatic rings. The maximum atomic E-state index is 12.0. The normalized spacial score (nSPS) is 20.9. The predicted molar refractivity (Wildman–Crippen MR) is 73.9 cm³/mol. The highest BCUT2D eigenvalue weighted by atomic mass is 32.2. The molecule has 1 fully saturated rings. The molecule has 108 valence electrons. The Balaban J connectivity index is 2.41. The number of aliphatic hydroxyl groups excluding tert-OH is 1. The Kier molecular flexibility index (Phi) is 5.62. The summed E-state index contributed by atoms with van der Waals surface area (Å²) in [5.41, 5.74) is 0.00962. The molecule has 0 aliphatic heterocycles. The van der Waals surface area contributed by atoms with Crippen LogP contribution in [0.3, 0.4) is 0 Å². The Labute approximate surface area is 111 Å². The van der Waals surface area contributed by atoms with Gasteiger partial charge in [0, 0.05) is 6.54 Å². The van der Waals surface area contributed by atoms with Crippen LogP contribution in [0.25, 0.3) is 0 Å². The van der Waals surface area contributed by atoms with E-state index >= 15 is 0 Å². The van der Waals surface area contributed by atoms with Crippen LogP contribution in [0.5, 0.6) is 0 Å². The smallest absolute Gasteiger partial charge is 0.214 e. The molecule has 0 amide bonds. The quantitative estimate of drug-likeness (QED) is 0.808. The van der Waals surface area contributed by atoms with Crippen molar-refractivity contribution < 1.29 is 13.5 Å². The third kappa shape index (κ3) is 5.67. The van der Waals surface area contributed by atoms with Crippen molar-refractivity contribution >= 4 is 10.0 Å². The minimum Gasteiger partial charge on any atom is -0.392 e. The average Bonchev–Trinajstić information content (AvgIpc) is 2.26. The van der Waals surface area contributed by atoms with Crippen LogP contribution in [-0.4, -0.2) is 31.4 Å². The molecule has 5 heteroatoms. The molecule has 0 bridgehead atoms. The monoisotopic (exact) mass is 277 g/mol. The Hall–Kier alpha value is -0.130. The fraction of sp³-hybridized carbons (Fsp3) is 1.00. The second-order valence-corrected chi connectivity index (χ2v) is 8.62. The van der Waals surface area contributed by atoms with Gasteiger partial charge in [0.1, 0.15) is 0 Å². The molecule has 1 atom stereocenters. The zero-order valence-corrected chi connectivity index (χ0v) is 12.6. The predicted octanol–water partition coefficient (Wildman–Crippen LogP) is 2.04.